The van der Waals surface area contributed by atoms with Crippen molar-refractivity contribution in [3.63, 3.8) is 0 Å². The van der Waals surface area contributed by atoms with Gasteiger partial charge in [0.1, 0.15) is 0 Å². The van der Waals surface area contributed by atoms with Crippen LogP contribution in [0.3, 0.4) is 0 Å². The van der Waals surface area contributed by atoms with Crippen LogP contribution < -0.4 is 10.6 Å². The molecule has 4 nitrogen and oxygen atoms in total. The molecular formula is C22H22N2O2. The van der Waals surface area contributed by atoms with Crippen LogP contribution in [0.1, 0.15) is 15.9 Å². The van der Waals surface area contributed by atoms with E-state index in [4.69, 9.17) is 4.74 Å². The zero-order valence-corrected chi connectivity index (χ0v) is 14.7. The largest absolute Gasteiger partial charge is 0.384 e. The van der Waals surface area contributed by atoms with E-state index in [0.29, 0.717) is 12.2 Å². The Labute approximate surface area is 153 Å². The van der Waals surface area contributed by atoms with Crippen molar-refractivity contribution in [3.05, 3.63) is 90.0 Å². The zero-order valence-electron chi connectivity index (χ0n) is 14.7. The van der Waals surface area contributed by atoms with Gasteiger partial charge in [-0.05, 0) is 48.4 Å². The van der Waals surface area contributed by atoms with Crippen LogP contribution in [0.5, 0.6) is 0 Å². The molecule has 0 spiro atoms. The van der Waals surface area contributed by atoms with Crippen molar-refractivity contribution in [2.24, 2.45) is 0 Å². The monoisotopic (exact) mass is 346 g/mol. The van der Waals surface area contributed by atoms with Gasteiger partial charge in [0.05, 0.1) is 17.9 Å². The van der Waals surface area contributed by atoms with Crippen molar-refractivity contribution in [2.45, 2.75) is 6.42 Å². The van der Waals surface area contributed by atoms with E-state index in [2.05, 4.69) is 10.6 Å². The maximum atomic E-state index is 12.7. The number of carbonyl (C=O) groups excluding carboxylic acids is 1. The summed E-state index contributed by atoms with van der Waals surface area (Å²) in [4.78, 5) is 12.7. The Balaban J connectivity index is 1.72. The van der Waals surface area contributed by atoms with Crippen LogP contribution in [0.25, 0.3) is 0 Å². The van der Waals surface area contributed by atoms with Gasteiger partial charge in [-0.3, -0.25) is 4.79 Å². The highest BCUT2D eigenvalue weighted by Crippen LogP contribution is 2.22. The summed E-state index contributed by atoms with van der Waals surface area (Å²) in [6.07, 6.45) is 0.856. The minimum Gasteiger partial charge on any atom is -0.384 e. The fourth-order valence-electron chi connectivity index (χ4n) is 2.64. The molecule has 0 aliphatic heterocycles. The molecule has 0 radical (unpaired) electrons. The van der Waals surface area contributed by atoms with Gasteiger partial charge in [0.15, 0.2) is 0 Å². The first-order valence-electron chi connectivity index (χ1n) is 8.56. The highest BCUT2D eigenvalue weighted by atomic mass is 16.5. The highest BCUT2D eigenvalue weighted by molar-refractivity contribution is 6.08. The smallest absolute Gasteiger partial charge is 0.257 e. The fourth-order valence-corrected chi connectivity index (χ4v) is 2.64. The second kappa shape index (κ2) is 8.83. The first kappa shape index (κ1) is 17.7. The lowest BCUT2D eigenvalue weighted by molar-refractivity contribution is 0.102. The molecule has 0 heterocycles. The van der Waals surface area contributed by atoms with Crippen LogP contribution in [0.4, 0.5) is 17.1 Å². The Kier molecular flexibility index (Phi) is 6.01. The Morgan fingerprint density at radius 3 is 2.27 bits per heavy atom. The summed E-state index contributed by atoms with van der Waals surface area (Å²) in [5.41, 5.74) is 4.25. The van der Waals surface area contributed by atoms with Gasteiger partial charge in [-0.2, -0.15) is 0 Å². The molecule has 0 atom stereocenters. The molecule has 4 heteroatoms. The molecule has 0 saturated heterocycles. The van der Waals surface area contributed by atoms with Crippen LogP contribution in [0.15, 0.2) is 78.9 Å². The summed E-state index contributed by atoms with van der Waals surface area (Å²) in [7, 11) is 1.69. The number of benzene rings is 3. The summed E-state index contributed by atoms with van der Waals surface area (Å²) >= 11 is 0. The topological polar surface area (TPSA) is 50.4 Å². The van der Waals surface area contributed by atoms with E-state index in [1.54, 1.807) is 7.11 Å². The lowest BCUT2D eigenvalue weighted by Crippen LogP contribution is -2.13. The zero-order chi connectivity index (χ0) is 18.2. The first-order valence-corrected chi connectivity index (χ1v) is 8.56. The van der Waals surface area contributed by atoms with Crippen molar-refractivity contribution in [2.75, 3.05) is 24.4 Å². The van der Waals surface area contributed by atoms with Gasteiger partial charge in [0.25, 0.3) is 5.91 Å². The van der Waals surface area contributed by atoms with Gasteiger partial charge in [-0.15, -0.1) is 0 Å². The van der Waals surface area contributed by atoms with Gasteiger partial charge in [-0.25, -0.2) is 0 Å². The molecule has 0 aromatic heterocycles. The van der Waals surface area contributed by atoms with Crippen molar-refractivity contribution in [1.29, 1.82) is 0 Å². The number of anilines is 3. The van der Waals surface area contributed by atoms with Gasteiger partial charge in [0.2, 0.25) is 0 Å². The average molecular weight is 346 g/mol. The third-order valence-corrected chi connectivity index (χ3v) is 4.03. The Hall–Kier alpha value is -3.11. The SMILES string of the molecule is COCCc1ccc(NC(=O)c2ccccc2Nc2ccccc2)cc1. The van der Waals surface area contributed by atoms with Gasteiger partial charge in [-0.1, -0.05) is 42.5 Å². The van der Waals surface area contributed by atoms with Gasteiger partial charge < -0.3 is 15.4 Å². The molecule has 2 N–H and O–H groups in total. The second-order valence-corrected chi connectivity index (χ2v) is 5.93. The molecule has 0 fully saturated rings. The fraction of sp³-hybridized carbons (Fsp3) is 0.136. The molecule has 0 saturated carbocycles. The molecule has 0 aliphatic carbocycles. The number of hydrogen-bond donors (Lipinski definition) is 2. The van der Waals surface area contributed by atoms with Crippen molar-refractivity contribution < 1.29 is 9.53 Å². The quantitative estimate of drug-likeness (QED) is 0.641. The highest BCUT2D eigenvalue weighted by Gasteiger charge is 2.11. The standard InChI is InChI=1S/C22H22N2O2/c1-26-16-15-17-11-13-19(14-12-17)24-22(25)20-9-5-6-10-21(20)23-18-7-3-2-4-8-18/h2-14,23H,15-16H2,1H3,(H,24,25). The van der Waals surface area contributed by atoms with Crippen LogP contribution >= 0.6 is 0 Å². The average Bonchev–Trinajstić information content (AvgIpc) is 2.68. The third-order valence-electron chi connectivity index (χ3n) is 4.03. The van der Waals surface area contributed by atoms with Crippen molar-refractivity contribution in [3.8, 4) is 0 Å². The minimum atomic E-state index is -0.145. The minimum absolute atomic E-state index is 0.145. The molecular weight excluding hydrogens is 324 g/mol. The van der Waals surface area contributed by atoms with Gasteiger partial charge in [0, 0.05) is 18.5 Å². The van der Waals surface area contributed by atoms with E-state index in [1.807, 2.05) is 78.9 Å². The number of rotatable bonds is 7. The number of hydrogen-bond acceptors (Lipinski definition) is 3. The molecule has 132 valence electrons. The Morgan fingerprint density at radius 1 is 0.846 bits per heavy atom. The number of nitrogens with one attached hydrogen (secondary N) is 2. The number of amides is 1. The molecule has 26 heavy (non-hydrogen) atoms. The predicted molar refractivity (Wildman–Crippen MR) is 106 cm³/mol. The third kappa shape index (κ3) is 4.71. The number of ether oxygens (including phenoxy) is 1. The van der Waals surface area contributed by atoms with E-state index >= 15 is 0 Å². The lowest BCUT2D eigenvalue weighted by Gasteiger charge is -2.12. The van der Waals surface area contributed by atoms with Crippen LogP contribution in [-0.2, 0) is 11.2 Å². The summed E-state index contributed by atoms with van der Waals surface area (Å²) in [5.74, 6) is -0.145. The Morgan fingerprint density at radius 2 is 1.54 bits per heavy atom. The summed E-state index contributed by atoms with van der Waals surface area (Å²) < 4.78 is 5.08. The number of carbonyl (C=O) groups is 1. The van der Waals surface area contributed by atoms with Crippen LogP contribution in [0.2, 0.25) is 0 Å². The summed E-state index contributed by atoms with van der Waals surface area (Å²) in [6, 6.07) is 25.1. The molecule has 3 aromatic carbocycles. The van der Waals surface area contributed by atoms with E-state index < -0.39 is 0 Å². The summed E-state index contributed by atoms with van der Waals surface area (Å²) in [5, 5.41) is 6.25. The van der Waals surface area contributed by atoms with Crippen molar-refractivity contribution in [1.82, 2.24) is 0 Å². The van der Waals surface area contributed by atoms with Gasteiger partial charge >= 0.3 is 0 Å². The normalized spacial score (nSPS) is 10.3. The number of methoxy groups -OCH3 is 1. The molecule has 3 rings (SSSR count). The molecule has 0 bridgehead atoms. The maximum absolute atomic E-state index is 12.7. The van der Waals surface area contributed by atoms with Crippen LogP contribution in [-0.4, -0.2) is 19.6 Å². The summed E-state index contributed by atoms with van der Waals surface area (Å²) in [6.45, 7) is 0.685. The lowest BCUT2D eigenvalue weighted by atomic mass is 10.1. The maximum Gasteiger partial charge on any atom is 0.257 e. The van der Waals surface area contributed by atoms with E-state index in [-0.39, 0.29) is 5.91 Å². The Bertz CT molecular complexity index is 846. The predicted octanol–water partition coefficient (Wildman–Crippen LogP) is 4.87. The second-order valence-electron chi connectivity index (χ2n) is 5.93. The van der Waals surface area contributed by atoms with E-state index in [9.17, 15) is 4.79 Å². The molecule has 0 aliphatic rings. The van der Waals surface area contributed by atoms with Crippen molar-refractivity contribution >= 4 is 23.0 Å². The molecule has 0 unspecified atom stereocenters. The van der Waals surface area contributed by atoms with Crippen LogP contribution in [0, 0.1) is 0 Å². The van der Waals surface area contributed by atoms with E-state index in [0.717, 1.165) is 23.5 Å². The molecule has 1 amide bonds. The first-order chi connectivity index (χ1) is 12.8. The molecule has 3 aromatic rings. The van der Waals surface area contributed by atoms with E-state index in [1.165, 1.54) is 5.56 Å². The number of para-hydroxylation sites is 2.